The Kier molecular flexibility index (Phi) is 6.60. The number of hydrogen-bond acceptors (Lipinski definition) is 3. The molecule has 1 aromatic carbocycles. The van der Waals surface area contributed by atoms with Crippen LogP contribution in [0.5, 0.6) is 5.75 Å². The van der Waals surface area contributed by atoms with Crippen LogP contribution < -0.4 is 4.74 Å². The molecular weight excluding hydrogens is 422 g/mol. The van der Waals surface area contributed by atoms with Crippen LogP contribution in [0.15, 0.2) is 53.1 Å². The summed E-state index contributed by atoms with van der Waals surface area (Å²) >= 11 is 6.48. The molecule has 1 aromatic rings. The van der Waals surface area contributed by atoms with Crippen LogP contribution in [-0.4, -0.2) is 42.7 Å². The molecule has 0 saturated heterocycles. The lowest BCUT2D eigenvalue weighted by molar-refractivity contribution is -0.437. The largest absolute Gasteiger partial charge is 0.497 e. The second-order valence-electron chi connectivity index (χ2n) is 8.31. The predicted octanol–water partition coefficient (Wildman–Crippen LogP) is 5.14. The van der Waals surface area contributed by atoms with E-state index in [4.69, 9.17) is 20.9 Å². The summed E-state index contributed by atoms with van der Waals surface area (Å²) in [7, 11) is -2.36. The molecule has 0 bridgehead atoms. The van der Waals surface area contributed by atoms with E-state index in [-0.39, 0.29) is 11.2 Å². The van der Waals surface area contributed by atoms with E-state index in [1.165, 1.54) is 0 Å². The number of ether oxygens (including phenoxy) is 1. The zero-order valence-corrected chi connectivity index (χ0v) is 19.3. The fourth-order valence-corrected chi connectivity index (χ4v) is 4.95. The summed E-state index contributed by atoms with van der Waals surface area (Å²) in [5, 5.41) is 0.742. The van der Waals surface area contributed by atoms with Crippen molar-refractivity contribution in [1.82, 2.24) is 0 Å². The van der Waals surface area contributed by atoms with Crippen LogP contribution in [0.1, 0.15) is 45.1 Å². The highest BCUT2D eigenvalue weighted by atomic mass is 35.5. The van der Waals surface area contributed by atoms with Crippen molar-refractivity contribution < 1.29 is 22.3 Å². The first-order valence-corrected chi connectivity index (χ1v) is 12.1. The third kappa shape index (κ3) is 4.71. The smallest absolute Gasteiger partial charge is 0.265 e. The average molecular weight is 451 g/mol. The molecular formula is C23H29ClNO4S+. The van der Waals surface area contributed by atoms with E-state index < -0.39 is 10.1 Å². The average Bonchev–Trinajstić information content (AvgIpc) is 2.88. The molecule has 1 aliphatic carbocycles. The van der Waals surface area contributed by atoms with Gasteiger partial charge >= 0.3 is 0 Å². The molecule has 0 fully saturated rings. The Morgan fingerprint density at radius 2 is 2.03 bits per heavy atom. The summed E-state index contributed by atoms with van der Waals surface area (Å²) < 4.78 is 39.1. The van der Waals surface area contributed by atoms with Crippen molar-refractivity contribution in [1.29, 1.82) is 0 Å². The van der Waals surface area contributed by atoms with Crippen LogP contribution in [0, 0.1) is 0 Å². The Hall–Kier alpha value is -1.89. The number of methoxy groups -OCH3 is 1. The first-order valence-electron chi connectivity index (χ1n) is 10.1. The lowest BCUT2D eigenvalue weighted by Gasteiger charge is -2.18. The number of halogens is 1. The van der Waals surface area contributed by atoms with Gasteiger partial charge in [-0.05, 0) is 56.4 Å². The predicted molar refractivity (Wildman–Crippen MR) is 122 cm³/mol. The second-order valence-corrected chi connectivity index (χ2v) is 10.3. The zero-order chi connectivity index (χ0) is 22.1. The van der Waals surface area contributed by atoms with Crippen molar-refractivity contribution in [2.24, 2.45) is 0 Å². The zero-order valence-electron chi connectivity index (χ0n) is 17.7. The van der Waals surface area contributed by atoms with Gasteiger partial charge in [0.2, 0.25) is 5.69 Å². The Morgan fingerprint density at radius 3 is 2.70 bits per heavy atom. The van der Waals surface area contributed by atoms with Gasteiger partial charge in [0.05, 0.1) is 18.3 Å². The van der Waals surface area contributed by atoms with Crippen molar-refractivity contribution in [3.63, 3.8) is 0 Å². The van der Waals surface area contributed by atoms with Crippen LogP contribution in [0.25, 0.3) is 0 Å². The van der Waals surface area contributed by atoms with E-state index in [1.54, 1.807) is 7.11 Å². The molecule has 0 aromatic heterocycles. The van der Waals surface area contributed by atoms with Crippen LogP contribution in [0.3, 0.4) is 0 Å². The molecule has 0 saturated carbocycles. The van der Waals surface area contributed by atoms with E-state index in [0.717, 1.165) is 58.2 Å². The van der Waals surface area contributed by atoms with Crippen molar-refractivity contribution in [3.8, 4) is 5.75 Å². The van der Waals surface area contributed by atoms with Crippen LogP contribution in [0.2, 0.25) is 0 Å². The molecule has 0 spiro atoms. The fraction of sp³-hybridized carbons (Fsp3) is 0.435. The van der Waals surface area contributed by atoms with Crippen molar-refractivity contribution in [2.75, 3.05) is 19.4 Å². The van der Waals surface area contributed by atoms with Crippen LogP contribution >= 0.6 is 11.6 Å². The molecule has 0 radical (unpaired) electrons. The normalized spacial score (nSPS) is 19.0. The van der Waals surface area contributed by atoms with E-state index >= 15 is 0 Å². The van der Waals surface area contributed by atoms with Gasteiger partial charge in [0, 0.05) is 29.2 Å². The monoisotopic (exact) mass is 450 g/mol. The van der Waals surface area contributed by atoms with Gasteiger partial charge in [0.1, 0.15) is 12.3 Å². The van der Waals surface area contributed by atoms with Gasteiger partial charge in [-0.15, -0.1) is 0 Å². The Balaban J connectivity index is 2.04. The molecule has 5 nitrogen and oxygen atoms in total. The Bertz CT molecular complexity index is 1060. The SMILES string of the molecule is C=C1CCCC(/C=C/C2=[N+](CCCS(=O)(=O)O)c3ccc(OC)cc3C2(C)C)=C1Cl. The third-order valence-electron chi connectivity index (χ3n) is 5.84. The second kappa shape index (κ2) is 8.69. The van der Waals surface area contributed by atoms with Gasteiger partial charge in [-0.2, -0.15) is 13.0 Å². The molecule has 0 unspecified atom stereocenters. The number of nitrogens with zero attached hydrogens (tertiary/aromatic N) is 1. The van der Waals surface area contributed by atoms with E-state index in [2.05, 4.69) is 37.2 Å². The van der Waals surface area contributed by atoms with E-state index in [1.807, 2.05) is 18.2 Å². The van der Waals surface area contributed by atoms with E-state index in [9.17, 15) is 8.42 Å². The highest BCUT2D eigenvalue weighted by Crippen LogP contribution is 2.42. The number of fused-ring (bicyclic) bond motifs is 1. The minimum absolute atomic E-state index is 0.275. The Labute approximate surface area is 184 Å². The maximum atomic E-state index is 11.2. The van der Waals surface area contributed by atoms with Crippen molar-refractivity contribution in [2.45, 2.75) is 44.9 Å². The lowest BCUT2D eigenvalue weighted by Crippen LogP contribution is -2.28. The summed E-state index contributed by atoms with van der Waals surface area (Å²) in [6, 6.07) is 5.93. The first-order chi connectivity index (χ1) is 14.0. The number of hydrogen-bond donors (Lipinski definition) is 1. The maximum absolute atomic E-state index is 11.2. The summed E-state index contributed by atoms with van der Waals surface area (Å²) in [6.45, 7) is 8.81. The van der Waals surface area contributed by atoms with Gasteiger partial charge in [-0.1, -0.05) is 24.3 Å². The molecule has 1 heterocycles. The number of rotatable bonds is 7. The van der Waals surface area contributed by atoms with Crippen LogP contribution in [-0.2, 0) is 15.5 Å². The highest BCUT2D eigenvalue weighted by molar-refractivity contribution is 7.85. The van der Waals surface area contributed by atoms with Gasteiger partial charge in [-0.25, -0.2) is 0 Å². The van der Waals surface area contributed by atoms with Crippen molar-refractivity contribution >= 4 is 33.1 Å². The molecule has 30 heavy (non-hydrogen) atoms. The molecule has 162 valence electrons. The van der Waals surface area contributed by atoms with Gasteiger partial charge < -0.3 is 4.74 Å². The quantitative estimate of drug-likeness (QED) is 0.461. The molecule has 1 aliphatic heterocycles. The minimum atomic E-state index is -4.00. The number of allylic oxidation sites excluding steroid dienone is 5. The van der Waals surface area contributed by atoms with Crippen molar-refractivity contribution in [3.05, 3.63) is 58.7 Å². The fourth-order valence-electron chi connectivity index (χ4n) is 4.20. The topological polar surface area (TPSA) is 66.6 Å². The van der Waals surface area contributed by atoms with Gasteiger partial charge in [0.15, 0.2) is 5.71 Å². The van der Waals surface area contributed by atoms with Gasteiger partial charge in [0.25, 0.3) is 10.1 Å². The first kappa shape index (κ1) is 22.8. The molecule has 2 aliphatic rings. The maximum Gasteiger partial charge on any atom is 0.265 e. The standard InChI is InChI=1S/C23H28ClNO4S/c1-16-7-5-8-17(22(16)24)9-12-21-23(2,3)19-15-18(29-4)10-11-20(19)25(21)13-6-14-30(26,27)28/h9-12,15H,1,5-8,13-14H2,2-4H3/p+1/b12-9+. The third-order valence-corrected chi connectivity index (χ3v) is 7.16. The lowest BCUT2D eigenvalue weighted by atomic mass is 9.81. The Morgan fingerprint density at radius 1 is 1.30 bits per heavy atom. The highest BCUT2D eigenvalue weighted by Gasteiger charge is 2.44. The summed E-state index contributed by atoms with van der Waals surface area (Å²) in [4.78, 5) is 0. The molecule has 0 amide bonds. The molecule has 7 heteroatoms. The molecule has 1 N–H and O–H groups in total. The van der Waals surface area contributed by atoms with E-state index in [0.29, 0.717) is 13.0 Å². The minimum Gasteiger partial charge on any atom is -0.497 e. The summed E-state index contributed by atoms with van der Waals surface area (Å²) in [5.74, 6) is 0.503. The number of benzene rings is 1. The van der Waals surface area contributed by atoms with Gasteiger partial charge in [-0.3, -0.25) is 4.55 Å². The molecule has 3 rings (SSSR count). The summed E-state index contributed by atoms with van der Waals surface area (Å²) in [5.41, 5.74) is 4.91. The molecule has 0 atom stereocenters. The summed E-state index contributed by atoms with van der Waals surface area (Å²) in [6.07, 6.45) is 7.32. The van der Waals surface area contributed by atoms with Crippen LogP contribution in [0.4, 0.5) is 5.69 Å².